The van der Waals surface area contributed by atoms with Crippen LogP contribution in [-0.2, 0) is 13.0 Å². The molecule has 2 heteroatoms. The largest absolute Gasteiger partial charge is 0.296 e. The molecule has 0 unspecified atom stereocenters. The molecule has 0 amide bonds. The van der Waals surface area contributed by atoms with Gasteiger partial charge in [0.1, 0.15) is 5.54 Å². The molecule has 0 fully saturated rings. The average molecular weight is 202 g/mol. The summed E-state index contributed by atoms with van der Waals surface area (Å²) in [6, 6.07) is 10.7. The standard InChI is InChI=1S/C13H18N2/c1-4-11-5-7-12(8-6-11)9-15-13(2,3)10-14/h5-8,15H,4,9H2,1-3H3. The summed E-state index contributed by atoms with van der Waals surface area (Å²) < 4.78 is 0. The van der Waals surface area contributed by atoms with Gasteiger partial charge < -0.3 is 0 Å². The number of hydrogen-bond donors (Lipinski definition) is 1. The van der Waals surface area contributed by atoms with Gasteiger partial charge in [0, 0.05) is 6.54 Å². The number of nitrogens with one attached hydrogen (secondary N) is 1. The van der Waals surface area contributed by atoms with Crippen molar-refractivity contribution >= 4 is 0 Å². The van der Waals surface area contributed by atoms with Crippen molar-refractivity contribution < 1.29 is 0 Å². The van der Waals surface area contributed by atoms with Crippen molar-refractivity contribution in [2.75, 3.05) is 0 Å². The normalized spacial score (nSPS) is 11.1. The Hall–Kier alpha value is -1.33. The number of rotatable bonds is 4. The van der Waals surface area contributed by atoms with E-state index in [1.54, 1.807) is 0 Å². The molecule has 15 heavy (non-hydrogen) atoms. The van der Waals surface area contributed by atoms with Gasteiger partial charge in [0.25, 0.3) is 0 Å². The van der Waals surface area contributed by atoms with Crippen LogP contribution >= 0.6 is 0 Å². The highest BCUT2D eigenvalue weighted by Crippen LogP contribution is 2.07. The lowest BCUT2D eigenvalue weighted by atomic mass is 10.1. The molecule has 1 N–H and O–H groups in total. The minimum Gasteiger partial charge on any atom is -0.296 e. The molecular formula is C13H18N2. The number of aryl methyl sites for hydroxylation is 1. The number of nitriles is 1. The molecule has 0 aliphatic rings. The number of benzene rings is 1. The van der Waals surface area contributed by atoms with Crippen LogP contribution in [0.2, 0.25) is 0 Å². The third-order valence-electron chi connectivity index (χ3n) is 2.45. The predicted octanol–water partition coefficient (Wildman–Crippen LogP) is 2.64. The zero-order valence-electron chi connectivity index (χ0n) is 9.67. The topological polar surface area (TPSA) is 35.8 Å². The molecule has 0 aliphatic heterocycles. The van der Waals surface area contributed by atoms with Crippen molar-refractivity contribution in [3.63, 3.8) is 0 Å². The molecule has 0 atom stereocenters. The van der Waals surface area contributed by atoms with Crippen molar-refractivity contribution in [1.82, 2.24) is 5.32 Å². The van der Waals surface area contributed by atoms with Gasteiger partial charge in [-0.15, -0.1) is 0 Å². The first-order valence-corrected chi connectivity index (χ1v) is 5.31. The van der Waals surface area contributed by atoms with Gasteiger partial charge in [0.05, 0.1) is 6.07 Å². The third-order valence-corrected chi connectivity index (χ3v) is 2.45. The zero-order valence-corrected chi connectivity index (χ0v) is 9.67. The first-order valence-electron chi connectivity index (χ1n) is 5.31. The quantitative estimate of drug-likeness (QED) is 0.814. The average Bonchev–Trinajstić information content (AvgIpc) is 2.27. The maximum atomic E-state index is 8.84. The van der Waals surface area contributed by atoms with E-state index < -0.39 is 5.54 Å². The molecule has 1 aromatic rings. The van der Waals surface area contributed by atoms with Crippen LogP contribution in [0.15, 0.2) is 24.3 Å². The minimum atomic E-state index is -0.455. The van der Waals surface area contributed by atoms with Gasteiger partial charge in [-0.05, 0) is 31.4 Å². The van der Waals surface area contributed by atoms with Crippen LogP contribution in [0.4, 0.5) is 0 Å². The molecule has 80 valence electrons. The van der Waals surface area contributed by atoms with E-state index in [4.69, 9.17) is 5.26 Å². The molecule has 0 heterocycles. The van der Waals surface area contributed by atoms with E-state index in [0.717, 1.165) is 13.0 Å². The third kappa shape index (κ3) is 3.73. The molecule has 2 nitrogen and oxygen atoms in total. The second-order valence-electron chi connectivity index (χ2n) is 4.26. The Labute approximate surface area is 91.9 Å². The Morgan fingerprint density at radius 3 is 2.20 bits per heavy atom. The second kappa shape index (κ2) is 4.95. The predicted molar refractivity (Wildman–Crippen MR) is 62.4 cm³/mol. The molecular weight excluding hydrogens is 184 g/mol. The van der Waals surface area contributed by atoms with Crippen molar-refractivity contribution in [3.8, 4) is 6.07 Å². The first-order chi connectivity index (χ1) is 7.07. The van der Waals surface area contributed by atoms with Crippen LogP contribution in [0.5, 0.6) is 0 Å². The summed E-state index contributed by atoms with van der Waals surface area (Å²) in [6.45, 7) is 6.65. The lowest BCUT2D eigenvalue weighted by Gasteiger charge is -2.17. The monoisotopic (exact) mass is 202 g/mol. The van der Waals surface area contributed by atoms with Gasteiger partial charge in [-0.2, -0.15) is 5.26 Å². The number of hydrogen-bond acceptors (Lipinski definition) is 2. The Balaban J connectivity index is 2.56. The van der Waals surface area contributed by atoms with Gasteiger partial charge >= 0.3 is 0 Å². The summed E-state index contributed by atoms with van der Waals surface area (Å²) in [4.78, 5) is 0. The molecule has 1 rings (SSSR count). The maximum Gasteiger partial charge on any atom is 0.101 e. The molecule has 0 aromatic heterocycles. The zero-order chi connectivity index (χ0) is 11.3. The van der Waals surface area contributed by atoms with Crippen molar-refractivity contribution in [1.29, 1.82) is 5.26 Å². The van der Waals surface area contributed by atoms with E-state index in [-0.39, 0.29) is 0 Å². The van der Waals surface area contributed by atoms with Gasteiger partial charge in [0.15, 0.2) is 0 Å². The summed E-state index contributed by atoms with van der Waals surface area (Å²) in [5.74, 6) is 0. The fourth-order valence-electron chi connectivity index (χ4n) is 1.26. The van der Waals surface area contributed by atoms with Gasteiger partial charge in [-0.1, -0.05) is 31.2 Å². The van der Waals surface area contributed by atoms with E-state index in [2.05, 4.69) is 42.6 Å². The van der Waals surface area contributed by atoms with Crippen molar-refractivity contribution in [2.45, 2.75) is 39.3 Å². The smallest absolute Gasteiger partial charge is 0.101 e. The summed E-state index contributed by atoms with van der Waals surface area (Å²) >= 11 is 0. The number of nitrogens with zero attached hydrogens (tertiary/aromatic N) is 1. The van der Waals surface area contributed by atoms with Gasteiger partial charge in [-0.25, -0.2) is 0 Å². The molecule has 0 saturated heterocycles. The van der Waals surface area contributed by atoms with E-state index in [0.29, 0.717) is 0 Å². The second-order valence-corrected chi connectivity index (χ2v) is 4.26. The maximum absolute atomic E-state index is 8.84. The highest BCUT2D eigenvalue weighted by Gasteiger charge is 2.14. The van der Waals surface area contributed by atoms with E-state index >= 15 is 0 Å². The Morgan fingerprint density at radius 2 is 1.73 bits per heavy atom. The summed E-state index contributed by atoms with van der Waals surface area (Å²) in [6.07, 6.45) is 1.07. The van der Waals surface area contributed by atoms with Crippen LogP contribution in [-0.4, -0.2) is 5.54 Å². The molecule has 0 bridgehead atoms. The van der Waals surface area contributed by atoms with Gasteiger partial charge in [-0.3, -0.25) is 5.32 Å². The Bertz CT molecular complexity index is 344. The minimum absolute atomic E-state index is 0.455. The Morgan fingerprint density at radius 1 is 1.20 bits per heavy atom. The van der Waals surface area contributed by atoms with E-state index in [1.807, 2.05) is 13.8 Å². The lowest BCUT2D eigenvalue weighted by molar-refractivity contribution is 0.485. The molecule has 1 aromatic carbocycles. The fourth-order valence-corrected chi connectivity index (χ4v) is 1.26. The van der Waals surface area contributed by atoms with Crippen LogP contribution < -0.4 is 5.32 Å². The summed E-state index contributed by atoms with van der Waals surface area (Å²) in [5.41, 5.74) is 2.11. The molecule has 0 aliphatic carbocycles. The first kappa shape index (κ1) is 11.7. The van der Waals surface area contributed by atoms with Crippen molar-refractivity contribution in [3.05, 3.63) is 35.4 Å². The summed E-state index contributed by atoms with van der Waals surface area (Å²) in [5, 5.41) is 12.0. The molecule has 0 saturated carbocycles. The van der Waals surface area contributed by atoms with Crippen molar-refractivity contribution in [2.24, 2.45) is 0 Å². The van der Waals surface area contributed by atoms with E-state index in [1.165, 1.54) is 11.1 Å². The lowest BCUT2D eigenvalue weighted by Crippen LogP contribution is -2.36. The van der Waals surface area contributed by atoms with E-state index in [9.17, 15) is 0 Å². The van der Waals surface area contributed by atoms with Crippen LogP contribution in [0, 0.1) is 11.3 Å². The summed E-state index contributed by atoms with van der Waals surface area (Å²) in [7, 11) is 0. The van der Waals surface area contributed by atoms with Crippen LogP contribution in [0.25, 0.3) is 0 Å². The van der Waals surface area contributed by atoms with Crippen LogP contribution in [0.1, 0.15) is 31.9 Å². The Kier molecular flexibility index (Phi) is 3.88. The highest BCUT2D eigenvalue weighted by molar-refractivity contribution is 5.22. The van der Waals surface area contributed by atoms with Crippen LogP contribution in [0.3, 0.4) is 0 Å². The SMILES string of the molecule is CCc1ccc(CNC(C)(C)C#N)cc1. The molecule has 0 radical (unpaired) electrons. The highest BCUT2D eigenvalue weighted by atomic mass is 14.9. The fraction of sp³-hybridized carbons (Fsp3) is 0.462. The molecule has 0 spiro atoms. The van der Waals surface area contributed by atoms with Gasteiger partial charge in [0.2, 0.25) is 0 Å².